The van der Waals surface area contributed by atoms with E-state index in [9.17, 15) is 4.39 Å². The van der Waals surface area contributed by atoms with Crippen molar-refractivity contribution in [2.75, 3.05) is 5.32 Å². The summed E-state index contributed by atoms with van der Waals surface area (Å²) < 4.78 is 14.3. The first kappa shape index (κ1) is 15.1. The first-order valence-corrected chi connectivity index (χ1v) is 9.06. The van der Waals surface area contributed by atoms with Crippen LogP contribution in [0.2, 0.25) is 0 Å². The predicted molar refractivity (Wildman–Crippen MR) is 107 cm³/mol. The number of aromatic amines is 1. The summed E-state index contributed by atoms with van der Waals surface area (Å²) in [6.45, 7) is 0. The van der Waals surface area contributed by atoms with Gasteiger partial charge in [-0.05, 0) is 59.5 Å². The molecule has 3 nitrogen and oxygen atoms in total. The molecule has 0 amide bonds. The van der Waals surface area contributed by atoms with Crippen LogP contribution in [0.3, 0.4) is 0 Å². The molecule has 0 bridgehead atoms. The van der Waals surface area contributed by atoms with Gasteiger partial charge in [-0.2, -0.15) is 0 Å². The minimum atomic E-state index is -0.223. The third-order valence-corrected chi connectivity index (χ3v) is 5.59. The Bertz CT molecular complexity index is 1220. The highest BCUT2D eigenvalue weighted by molar-refractivity contribution is 7.22. The lowest BCUT2D eigenvalue weighted by atomic mass is 10.1. The number of nitrogens with zero attached hydrogens (tertiary/aromatic N) is 1. The summed E-state index contributed by atoms with van der Waals surface area (Å²) in [6, 6.07) is 18.9. The van der Waals surface area contributed by atoms with Crippen LogP contribution in [-0.2, 0) is 0 Å². The van der Waals surface area contributed by atoms with Crippen LogP contribution >= 0.6 is 11.3 Å². The van der Waals surface area contributed by atoms with Gasteiger partial charge in [-0.15, -0.1) is 11.3 Å². The number of anilines is 2. The fraction of sp³-hybridized carbons (Fsp3) is 0. The van der Waals surface area contributed by atoms with E-state index < -0.39 is 0 Å². The number of halogens is 1. The average molecular weight is 359 g/mol. The lowest BCUT2D eigenvalue weighted by Gasteiger charge is -2.06. The first-order valence-electron chi connectivity index (χ1n) is 8.25. The molecule has 0 atom stereocenters. The number of rotatable bonds is 3. The van der Waals surface area contributed by atoms with Crippen molar-refractivity contribution in [3.05, 3.63) is 78.9 Å². The molecule has 0 saturated carbocycles. The van der Waals surface area contributed by atoms with Crippen molar-refractivity contribution in [2.24, 2.45) is 0 Å². The molecule has 0 aliphatic heterocycles. The monoisotopic (exact) mass is 359 g/mol. The Hall–Kier alpha value is -3.18. The molecule has 5 heteroatoms. The number of pyridine rings is 1. The zero-order valence-corrected chi connectivity index (χ0v) is 14.5. The van der Waals surface area contributed by atoms with Gasteiger partial charge in [-0.25, -0.2) is 9.37 Å². The number of nitrogens with one attached hydrogen (secondary N) is 2. The Kier molecular flexibility index (Phi) is 3.47. The van der Waals surface area contributed by atoms with E-state index in [1.165, 1.54) is 12.1 Å². The predicted octanol–water partition coefficient (Wildman–Crippen LogP) is 6.33. The van der Waals surface area contributed by atoms with E-state index >= 15 is 0 Å². The van der Waals surface area contributed by atoms with Gasteiger partial charge in [0, 0.05) is 33.9 Å². The normalized spacial score (nSPS) is 11.3. The van der Waals surface area contributed by atoms with Gasteiger partial charge in [0.25, 0.3) is 0 Å². The van der Waals surface area contributed by atoms with Crippen LogP contribution in [0, 0.1) is 5.82 Å². The van der Waals surface area contributed by atoms with Gasteiger partial charge in [-0.3, -0.25) is 0 Å². The van der Waals surface area contributed by atoms with Crippen molar-refractivity contribution >= 4 is 43.8 Å². The summed E-state index contributed by atoms with van der Waals surface area (Å²) in [5.74, 6) is 0.606. The van der Waals surface area contributed by atoms with Crippen molar-refractivity contribution in [1.82, 2.24) is 9.97 Å². The van der Waals surface area contributed by atoms with Crippen molar-refractivity contribution in [2.45, 2.75) is 0 Å². The molecule has 0 radical (unpaired) electrons. The first-order chi connectivity index (χ1) is 12.8. The molecule has 0 unspecified atom stereocenters. The fourth-order valence-electron chi connectivity index (χ4n) is 3.08. The van der Waals surface area contributed by atoms with Gasteiger partial charge < -0.3 is 10.3 Å². The van der Waals surface area contributed by atoms with Crippen LogP contribution in [0.15, 0.2) is 73.1 Å². The van der Waals surface area contributed by atoms with Crippen molar-refractivity contribution in [3.63, 3.8) is 0 Å². The third-order valence-electron chi connectivity index (χ3n) is 4.38. The van der Waals surface area contributed by atoms with Crippen molar-refractivity contribution in [3.8, 4) is 10.4 Å². The van der Waals surface area contributed by atoms with Crippen LogP contribution in [0.4, 0.5) is 15.9 Å². The Morgan fingerprint density at radius 1 is 0.923 bits per heavy atom. The SMILES string of the molecule is Fc1ccc(-c2cc3ccnc(Nc4ccc5[nH]ccc5c4)c3s2)cc1. The molecular weight excluding hydrogens is 345 g/mol. The standard InChI is InChI=1S/C21H14FN3S/c22-16-3-1-13(2-4-16)19-12-15-8-10-24-21(20(15)26-19)25-17-5-6-18-14(11-17)7-9-23-18/h1-12,23H,(H,24,25). The van der Waals surface area contributed by atoms with E-state index in [4.69, 9.17) is 0 Å². The molecular formula is C21H14FN3S. The molecule has 0 aliphatic carbocycles. The second-order valence-electron chi connectivity index (χ2n) is 6.10. The van der Waals surface area contributed by atoms with Crippen LogP contribution < -0.4 is 5.32 Å². The second kappa shape index (κ2) is 5.97. The van der Waals surface area contributed by atoms with E-state index in [1.807, 2.05) is 24.4 Å². The summed E-state index contributed by atoms with van der Waals surface area (Å²) in [5, 5.41) is 5.70. The minimum Gasteiger partial charge on any atom is -0.361 e. The Labute approximate surface area is 153 Å². The Balaban J connectivity index is 1.56. The maximum absolute atomic E-state index is 13.2. The molecule has 2 N–H and O–H groups in total. The summed E-state index contributed by atoms with van der Waals surface area (Å²) in [6.07, 6.45) is 3.74. The third kappa shape index (κ3) is 2.62. The summed E-state index contributed by atoms with van der Waals surface area (Å²) in [5.41, 5.74) is 3.11. The molecule has 26 heavy (non-hydrogen) atoms. The maximum Gasteiger partial charge on any atom is 0.148 e. The minimum absolute atomic E-state index is 0.223. The molecule has 5 aromatic rings. The number of aromatic nitrogens is 2. The highest BCUT2D eigenvalue weighted by Crippen LogP contribution is 2.37. The molecule has 0 aliphatic rings. The average Bonchev–Trinajstić information content (AvgIpc) is 3.29. The van der Waals surface area contributed by atoms with Gasteiger partial charge in [0.15, 0.2) is 0 Å². The van der Waals surface area contributed by atoms with E-state index in [0.717, 1.165) is 42.9 Å². The van der Waals surface area contributed by atoms with Gasteiger partial charge in [0.05, 0.1) is 4.70 Å². The fourth-order valence-corrected chi connectivity index (χ4v) is 4.18. The zero-order chi connectivity index (χ0) is 17.5. The number of thiophene rings is 1. The molecule has 2 aromatic carbocycles. The highest BCUT2D eigenvalue weighted by atomic mass is 32.1. The smallest absolute Gasteiger partial charge is 0.148 e. The molecule has 126 valence electrons. The number of fused-ring (bicyclic) bond motifs is 2. The van der Waals surface area contributed by atoms with Gasteiger partial charge in [-0.1, -0.05) is 12.1 Å². The zero-order valence-electron chi connectivity index (χ0n) is 13.7. The number of hydrogen-bond donors (Lipinski definition) is 2. The number of H-pyrrole nitrogens is 1. The molecule has 0 fully saturated rings. The van der Waals surface area contributed by atoms with Gasteiger partial charge in [0.1, 0.15) is 11.6 Å². The molecule has 0 spiro atoms. The van der Waals surface area contributed by atoms with Crippen LogP contribution in [0.25, 0.3) is 31.4 Å². The summed E-state index contributed by atoms with van der Waals surface area (Å²) in [7, 11) is 0. The molecule has 3 aromatic heterocycles. The van der Waals surface area contributed by atoms with E-state index in [-0.39, 0.29) is 5.82 Å². The molecule has 0 saturated heterocycles. The van der Waals surface area contributed by atoms with Crippen LogP contribution in [-0.4, -0.2) is 9.97 Å². The van der Waals surface area contributed by atoms with Crippen molar-refractivity contribution < 1.29 is 4.39 Å². The summed E-state index contributed by atoms with van der Waals surface area (Å²) in [4.78, 5) is 8.81. The Morgan fingerprint density at radius 2 is 1.81 bits per heavy atom. The second-order valence-corrected chi connectivity index (χ2v) is 7.15. The highest BCUT2D eigenvalue weighted by Gasteiger charge is 2.10. The molecule has 5 rings (SSSR count). The lowest BCUT2D eigenvalue weighted by Crippen LogP contribution is -1.92. The largest absolute Gasteiger partial charge is 0.361 e. The Morgan fingerprint density at radius 3 is 2.69 bits per heavy atom. The number of benzene rings is 2. The van der Waals surface area contributed by atoms with Crippen LogP contribution in [0.5, 0.6) is 0 Å². The topological polar surface area (TPSA) is 40.7 Å². The van der Waals surface area contributed by atoms with Gasteiger partial charge in [0.2, 0.25) is 0 Å². The number of hydrogen-bond acceptors (Lipinski definition) is 3. The van der Waals surface area contributed by atoms with E-state index in [1.54, 1.807) is 29.7 Å². The van der Waals surface area contributed by atoms with Crippen molar-refractivity contribution in [1.29, 1.82) is 0 Å². The molecule has 3 heterocycles. The van der Waals surface area contributed by atoms with E-state index in [2.05, 4.69) is 33.5 Å². The maximum atomic E-state index is 13.2. The lowest BCUT2D eigenvalue weighted by molar-refractivity contribution is 0.628. The van der Waals surface area contributed by atoms with E-state index in [0.29, 0.717) is 0 Å². The summed E-state index contributed by atoms with van der Waals surface area (Å²) >= 11 is 1.65. The van der Waals surface area contributed by atoms with Crippen LogP contribution in [0.1, 0.15) is 0 Å². The van der Waals surface area contributed by atoms with Gasteiger partial charge >= 0.3 is 0 Å². The quantitative estimate of drug-likeness (QED) is 0.395.